The van der Waals surface area contributed by atoms with Crippen LogP contribution in [0.3, 0.4) is 0 Å². The number of rotatable bonds is 6. The molecule has 3 rings (SSSR count). The molecule has 0 atom stereocenters. The second-order valence-electron chi connectivity index (χ2n) is 5.12. The summed E-state index contributed by atoms with van der Waals surface area (Å²) in [6.45, 7) is 0. The van der Waals surface area contributed by atoms with E-state index in [1.54, 1.807) is 31.4 Å². The van der Waals surface area contributed by atoms with Crippen molar-refractivity contribution in [2.24, 2.45) is 0 Å². The number of hydrogen-bond acceptors (Lipinski definition) is 6. The Hall–Kier alpha value is -1.84. The molecule has 26 heavy (non-hydrogen) atoms. The third-order valence-electron chi connectivity index (χ3n) is 3.51. The van der Waals surface area contributed by atoms with E-state index in [2.05, 4.69) is 26.1 Å². The molecule has 0 saturated carbocycles. The summed E-state index contributed by atoms with van der Waals surface area (Å²) in [7, 11) is 1.59. The molecule has 0 aliphatic rings. The van der Waals surface area contributed by atoms with Gasteiger partial charge in [-0.2, -0.15) is 0 Å². The maximum absolute atomic E-state index is 12.3. The maximum atomic E-state index is 12.3. The van der Waals surface area contributed by atoms with Crippen molar-refractivity contribution in [1.82, 2.24) is 14.9 Å². The van der Waals surface area contributed by atoms with Gasteiger partial charge in [-0.1, -0.05) is 39.8 Å². The molecule has 2 aromatic carbocycles. The Bertz CT molecular complexity index is 883. The van der Waals surface area contributed by atoms with Gasteiger partial charge in [-0.3, -0.25) is 4.79 Å². The number of aromatic nitrogens is 3. The van der Waals surface area contributed by atoms with Gasteiger partial charge in [0.2, 0.25) is 5.16 Å². The minimum Gasteiger partial charge on any atom is -0.497 e. The Kier molecular flexibility index (Phi) is 7.24. The second kappa shape index (κ2) is 9.20. The van der Waals surface area contributed by atoms with Crippen molar-refractivity contribution < 1.29 is 9.53 Å². The van der Waals surface area contributed by atoms with Crippen LogP contribution in [0.5, 0.6) is 5.75 Å². The van der Waals surface area contributed by atoms with E-state index in [9.17, 15) is 4.79 Å². The number of methoxy groups -OCH3 is 1. The number of nitrogen functional groups attached to an aromatic ring is 1. The molecule has 0 radical (unpaired) electrons. The largest absolute Gasteiger partial charge is 0.497 e. The number of ketones is 1. The molecule has 9 heteroatoms. The fourth-order valence-electron chi connectivity index (χ4n) is 2.16. The summed E-state index contributed by atoms with van der Waals surface area (Å²) in [5, 5.41) is 8.67. The molecular formula is C17H16Br2N4O2S. The zero-order valence-electron chi connectivity index (χ0n) is 13.8. The summed E-state index contributed by atoms with van der Waals surface area (Å²) >= 11 is 4.64. The number of benzene rings is 2. The van der Waals surface area contributed by atoms with Crippen LogP contribution in [0.2, 0.25) is 0 Å². The van der Waals surface area contributed by atoms with Gasteiger partial charge in [0.25, 0.3) is 0 Å². The maximum Gasteiger partial charge on any atom is 0.210 e. The van der Waals surface area contributed by atoms with E-state index in [-0.39, 0.29) is 28.5 Å². The summed E-state index contributed by atoms with van der Waals surface area (Å²) in [6.07, 6.45) is 0. The Morgan fingerprint density at radius 2 is 1.81 bits per heavy atom. The third-order valence-corrected chi connectivity index (χ3v) is 4.98. The Morgan fingerprint density at radius 3 is 2.42 bits per heavy atom. The molecule has 0 amide bonds. The van der Waals surface area contributed by atoms with Gasteiger partial charge >= 0.3 is 0 Å². The highest BCUT2D eigenvalue weighted by atomic mass is 79.9. The highest BCUT2D eigenvalue weighted by Crippen LogP contribution is 2.24. The Balaban J connectivity index is 0.00000243. The van der Waals surface area contributed by atoms with E-state index in [0.717, 1.165) is 10.0 Å². The molecule has 0 aliphatic heterocycles. The first-order valence-electron chi connectivity index (χ1n) is 7.35. The van der Waals surface area contributed by atoms with E-state index in [0.29, 0.717) is 22.3 Å². The molecule has 0 fully saturated rings. The van der Waals surface area contributed by atoms with E-state index in [1.807, 2.05) is 24.3 Å². The molecule has 6 nitrogen and oxygen atoms in total. The van der Waals surface area contributed by atoms with Gasteiger partial charge in [-0.25, -0.2) is 4.68 Å². The molecule has 0 unspecified atom stereocenters. The predicted octanol–water partition coefficient (Wildman–Crippen LogP) is 3.98. The highest BCUT2D eigenvalue weighted by Gasteiger charge is 2.14. The SMILES string of the molecule is Br.COc1ccc(C(=O)CSc2nnc(-c3ccc(Br)cc3)n2N)cc1. The second-order valence-corrected chi connectivity index (χ2v) is 6.98. The average Bonchev–Trinajstić information content (AvgIpc) is 3.01. The van der Waals surface area contributed by atoms with Crippen LogP contribution >= 0.6 is 44.7 Å². The van der Waals surface area contributed by atoms with Crippen LogP contribution in [0.4, 0.5) is 0 Å². The lowest BCUT2D eigenvalue weighted by Crippen LogP contribution is -2.12. The van der Waals surface area contributed by atoms with E-state index in [1.165, 1.54) is 16.4 Å². The summed E-state index contributed by atoms with van der Waals surface area (Å²) in [5.74, 6) is 7.54. The van der Waals surface area contributed by atoms with Gasteiger partial charge < -0.3 is 10.6 Å². The number of hydrogen-bond donors (Lipinski definition) is 1. The summed E-state index contributed by atoms with van der Waals surface area (Å²) in [6, 6.07) is 14.6. The number of carbonyl (C=O) groups excluding carboxylic acids is 1. The van der Waals surface area contributed by atoms with Gasteiger partial charge in [0.15, 0.2) is 11.6 Å². The van der Waals surface area contributed by atoms with Gasteiger partial charge in [-0.15, -0.1) is 27.2 Å². The topological polar surface area (TPSA) is 83.0 Å². The molecule has 1 heterocycles. The van der Waals surface area contributed by atoms with Crippen LogP contribution in [-0.4, -0.2) is 33.5 Å². The van der Waals surface area contributed by atoms with Crippen LogP contribution in [-0.2, 0) is 0 Å². The Labute approximate surface area is 174 Å². The lowest BCUT2D eigenvalue weighted by Gasteiger charge is -2.04. The zero-order valence-corrected chi connectivity index (χ0v) is 17.9. The van der Waals surface area contributed by atoms with Crippen molar-refractivity contribution in [2.75, 3.05) is 18.7 Å². The van der Waals surface area contributed by atoms with Gasteiger partial charge in [0.05, 0.1) is 12.9 Å². The molecule has 2 N–H and O–H groups in total. The van der Waals surface area contributed by atoms with Gasteiger partial charge in [-0.05, 0) is 36.4 Å². The molecule has 1 aromatic heterocycles. The number of nitrogens with two attached hydrogens (primary N) is 1. The number of thioether (sulfide) groups is 1. The van der Waals surface area contributed by atoms with Crippen molar-refractivity contribution in [3.8, 4) is 17.1 Å². The van der Waals surface area contributed by atoms with Crippen LogP contribution < -0.4 is 10.6 Å². The van der Waals surface area contributed by atoms with Crippen LogP contribution in [0.15, 0.2) is 58.2 Å². The summed E-state index contributed by atoms with van der Waals surface area (Å²) in [4.78, 5) is 12.3. The number of halogens is 2. The van der Waals surface area contributed by atoms with Crippen molar-refractivity contribution in [1.29, 1.82) is 0 Å². The van der Waals surface area contributed by atoms with Crippen LogP contribution in [0.1, 0.15) is 10.4 Å². The molecule has 3 aromatic rings. The fourth-order valence-corrected chi connectivity index (χ4v) is 3.18. The smallest absolute Gasteiger partial charge is 0.210 e. The fraction of sp³-hybridized carbons (Fsp3) is 0.118. The first-order valence-corrected chi connectivity index (χ1v) is 9.13. The monoisotopic (exact) mass is 498 g/mol. The van der Waals surface area contributed by atoms with Crippen molar-refractivity contribution >= 4 is 50.5 Å². The molecule has 0 bridgehead atoms. The first-order chi connectivity index (χ1) is 12.1. The van der Waals surface area contributed by atoms with E-state index >= 15 is 0 Å². The molecule has 136 valence electrons. The Morgan fingerprint density at radius 1 is 1.15 bits per heavy atom. The van der Waals surface area contributed by atoms with Crippen molar-refractivity contribution in [2.45, 2.75) is 5.16 Å². The van der Waals surface area contributed by atoms with E-state index in [4.69, 9.17) is 10.6 Å². The number of nitrogens with zero attached hydrogens (tertiary/aromatic N) is 3. The average molecular weight is 500 g/mol. The lowest BCUT2D eigenvalue weighted by atomic mass is 10.1. The minimum atomic E-state index is -0.0131. The standard InChI is InChI=1S/C17H15BrN4O2S.BrH/c1-24-14-8-4-11(5-9-14)15(23)10-25-17-21-20-16(22(17)19)12-2-6-13(18)7-3-12;/h2-9H,10,19H2,1H3;1H. The number of ether oxygens (including phenoxy) is 1. The van der Waals surface area contributed by atoms with Crippen LogP contribution in [0.25, 0.3) is 11.4 Å². The molecule has 0 spiro atoms. The molecular weight excluding hydrogens is 484 g/mol. The minimum absolute atomic E-state index is 0. The summed E-state index contributed by atoms with van der Waals surface area (Å²) in [5.41, 5.74) is 1.47. The van der Waals surface area contributed by atoms with E-state index < -0.39 is 0 Å². The lowest BCUT2D eigenvalue weighted by molar-refractivity contribution is 0.102. The van der Waals surface area contributed by atoms with Gasteiger partial charge in [0, 0.05) is 15.6 Å². The normalized spacial score (nSPS) is 10.2. The molecule has 0 aliphatic carbocycles. The number of Topliss-reactive ketones (excluding diaryl/α,β-unsaturated/α-hetero) is 1. The van der Waals surface area contributed by atoms with Crippen LogP contribution in [0, 0.1) is 0 Å². The molecule has 0 saturated heterocycles. The van der Waals surface area contributed by atoms with Gasteiger partial charge in [0.1, 0.15) is 5.75 Å². The highest BCUT2D eigenvalue weighted by molar-refractivity contribution is 9.10. The van der Waals surface area contributed by atoms with Crippen molar-refractivity contribution in [3.05, 3.63) is 58.6 Å². The quantitative estimate of drug-likeness (QED) is 0.313. The summed E-state index contributed by atoms with van der Waals surface area (Å²) < 4.78 is 7.46. The van der Waals surface area contributed by atoms with Crippen molar-refractivity contribution in [3.63, 3.8) is 0 Å². The zero-order chi connectivity index (χ0) is 17.8. The first kappa shape index (κ1) is 20.5. The third kappa shape index (κ3) is 4.66. The number of carbonyl (C=O) groups is 1. The predicted molar refractivity (Wildman–Crippen MR) is 112 cm³/mol.